The van der Waals surface area contributed by atoms with Crippen LogP contribution in [0.1, 0.15) is 26.7 Å². The molecule has 1 N–H and O–H groups in total. The molecule has 19 heavy (non-hydrogen) atoms. The summed E-state index contributed by atoms with van der Waals surface area (Å²) in [7, 11) is 2.09. The predicted molar refractivity (Wildman–Crippen MR) is 73.2 cm³/mol. The van der Waals surface area contributed by atoms with Crippen LogP contribution in [-0.2, 0) is 9.53 Å². The number of nitrogens with zero attached hydrogens (tertiary/aromatic N) is 2. The van der Waals surface area contributed by atoms with Crippen LogP contribution < -0.4 is 0 Å². The maximum absolute atomic E-state index is 11.9. The second kappa shape index (κ2) is 5.77. The number of ether oxygens (including phenoxy) is 1. The van der Waals surface area contributed by atoms with Crippen molar-refractivity contribution in [3.63, 3.8) is 0 Å². The average Bonchev–Trinajstić information content (AvgIpc) is 2.39. The highest BCUT2D eigenvalue weighted by atomic mass is 16.5. The first kappa shape index (κ1) is 14.8. The lowest BCUT2D eigenvalue weighted by Crippen LogP contribution is -2.63. The summed E-state index contributed by atoms with van der Waals surface area (Å²) in [5.41, 5.74) is -0.714. The van der Waals surface area contributed by atoms with Gasteiger partial charge in [0.05, 0.1) is 6.10 Å². The molecule has 0 amide bonds. The summed E-state index contributed by atoms with van der Waals surface area (Å²) in [6.07, 6.45) is 1.28. The van der Waals surface area contributed by atoms with Crippen LogP contribution in [0.25, 0.3) is 0 Å². The minimum Gasteiger partial charge on any atom is -0.480 e. The number of hydrogen-bond acceptors (Lipinski definition) is 4. The molecule has 2 fully saturated rings. The summed E-state index contributed by atoms with van der Waals surface area (Å²) in [6.45, 7) is 8.34. The molecule has 0 radical (unpaired) electrons. The zero-order valence-corrected chi connectivity index (χ0v) is 12.3. The van der Waals surface area contributed by atoms with Crippen LogP contribution in [0.2, 0.25) is 0 Å². The molecule has 2 unspecified atom stereocenters. The largest absolute Gasteiger partial charge is 0.480 e. The first-order valence-corrected chi connectivity index (χ1v) is 7.24. The van der Waals surface area contributed by atoms with Gasteiger partial charge in [-0.15, -0.1) is 0 Å². The summed E-state index contributed by atoms with van der Waals surface area (Å²) < 4.78 is 5.76. The molecule has 2 aliphatic heterocycles. The molecule has 0 aromatic rings. The van der Waals surface area contributed by atoms with E-state index < -0.39 is 11.5 Å². The molecule has 2 rings (SSSR count). The Morgan fingerprint density at radius 2 is 1.95 bits per heavy atom. The van der Waals surface area contributed by atoms with E-state index in [1.165, 1.54) is 0 Å². The molecule has 2 saturated heterocycles. The molecular formula is C14H26N2O3. The molecule has 0 aliphatic carbocycles. The van der Waals surface area contributed by atoms with Gasteiger partial charge >= 0.3 is 5.97 Å². The number of rotatable bonds is 3. The van der Waals surface area contributed by atoms with Crippen molar-refractivity contribution in [2.24, 2.45) is 5.92 Å². The number of hydrogen-bond donors (Lipinski definition) is 1. The lowest BCUT2D eigenvalue weighted by molar-refractivity contribution is -0.167. The van der Waals surface area contributed by atoms with Gasteiger partial charge in [-0.05, 0) is 19.4 Å². The minimum atomic E-state index is -0.714. The van der Waals surface area contributed by atoms with E-state index in [2.05, 4.69) is 30.7 Å². The van der Waals surface area contributed by atoms with E-state index in [-0.39, 0.29) is 6.10 Å². The third-order valence-corrected chi connectivity index (χ3v) is 4.64. The fourth-order valence-electron chi connectivity index (χ4n) is 3.15. The first-order chi connectivity index (χ1) is 8.95. The molecule has 2 heterocycles. The Labute approximate surface area is 115 Å². The molecular weight excluding hydrogens is 244 g/mol. The fourth-order valence-corrected chi connectivity index (χ4v) is 3.15. The molecule has 2 atom stereocenters. The van der Waals surface area contributed by atoms with Crippen LogP contribution in [0.5, 0.6) is 0 Å². The number of carboxylic acid groups (broad SMARTS) is 1. The van der Waals surface area contributed by atoms with Crippen molar-refractivity contribution in [3.8, 4) is 0 Å². The highest BCUT2D eigenvalue weighted by Gasteiger charge is 2.49. The van der Waals surface area contributed by atoms with Crippen molar-refractivity contribution in [2.75, 3.05) is 39.8 Å². The van der Waals surface area contributed by atoms with Gasteiger partial charge in [0, 0.05) is 39.2 Å². The van der Waals surface area contributed by atoms with E-state index in [9.17, 15) is 9.90 Å². The summed E-state index contributed by atoms with van der Waals surface area (Å²) in [6, 6.07) is 0. The summed E-state index contributed by atoms with van der Waals surface area (Å²) in [4.78, 5) is 16.3. The zero-order chi connectivity index (χ0) is 14.0. The monoisotopic (exact) mass is 270 g/mol. The average molecular weight is 270 g/mol. The maximum Gasteiger partial charge on any atom is 0.324 e. The van der Waals surface area contributed by atoms with Gasteiger partial charge in [-0.2, -0.15) is 0 Å². The van der Waals surface area contributed by atoms with Gasteiger partial charge in [0.1, 0.15) is 5.54 Å². The van der Waals surface area contributed by atoms with Crippen molar-refractivity contribution in [1.82, 2.24) is 9.80 Å². The Morgan fingerprint density at radius 1 is 1.32 bits per heavy atom. The highest BCUT2D eigenvalue weighted by Crippen LogP contribution is 2.34. The van der Waals surface area contributed by atoms with Crippen molar-refractivity contribution in [1.29, 1.82) is 0 Å². The Morgan fingerprint density at radius 3 is 2.47 bits per heavy atom. The van der Waals surface area contributed by atoms with Gasteiger partial charge in [-0.1, -0.05) is 13.8 Å². The number of piperazine rings is 1. The van der Waals surface area contributed by atoms with E-state index in [1.807, 2.05) is 0 Å². The lowest BCUT2D eigenvalue weighted by atomic mass is 9.81. The molecule has 110 valence electrons. The van der Waals surface area contributed by atoms with Crippen LogP contribution >= 0.6 is 0 Å². The Balaban J connectivity index is 2.15. The van der Waals surface area contributed by atoms with E-state index in [0.29, 0.717) is 25.4 Å². The minimum absolute atomic E-state index is 0.0597. The fraction of sp³-hybridized carbons (Fsp3) is 0.929. The highest BCUT2D eigenvalue weighted by molar-refractivity contribution is 5.79. The molecule has 5 nitrogen and oxygen atoms in total. The van der Waals surface area contributed by atoms with Gasteiger partial charge < -0.3 is 14.7 Å². The maximum atomic E-state index is 11.9. The van der Waals surface area contributed by atoms with Crippen molar-refractivity contribution in [2.45, 2.75) is 38.3 Å². The Bertz CT molecular complexity index is 327. The van der Waals surface area contributed by atoms with E-state index in [4.69, 9.17) is 4.74 Å². The molecule has 2 aliphatic rings. The second-order valence-corrected chi connectivity index (χ2v) is 6.23. The summed E-state index contributed by atoms with van der Waals surface area (Å²) >= 11 is 0. The molecule has 0 aromatic heterocycles. The van der Waals surface area contributed by atoms with Gasteiger partial charge in [0.25, 0.3) is 0 Å². The van der Waals surface area contributed by atoms with Gasteiger partial charge in [-0.25, -0.2) is 0 Å². The predicted octanol–water partition coefficient (Wildman–Crippen LogP) is 0.892. The summed E-state index contributed by atoms with van der Waals surface area (Å²) in [5.74, 6) is -0.308. The van der Waals surface area contributed by atoms with Crippen molar-refractivity contribution >= 4 is 5.97 Å². The summed E-state index contributed by atoms with van der Waals surface area (Å²) in [5, 5.41) is 9.80. The smallest absolute Gasteiger partial charge is 0.324 e. The SMILES string of the molecule is CC(C)C1CC(C(=O)O)(N2CCN(C)CC2)CCO1. The zero-order valence-electron chi connectivity index (χ0n) is 12.3. The first-order valence-electron chi connectivity index (χ1n) is 7.24. The van der Waals surface area contributed by atoms with E-state index in [0.717, 1.165) is 26.2 Å². The third-order valence-electron chi connectivity index (χ3n) is 4.64. The Hall–Kier alpha value is -0.650. The van der Waals surface area contributed by atoms with Crippen LogP contribution in [0.4, 0.5) is 0 Å². The van der Waals surface area contributed by atoms with Crippen LogP contribution in [0.15, 0.2) is 0 Å². The Kier molecular flexibility index (Phi) is 4.48. The number of carbonyl (C=O) groups is 1. The van der Waals surface area contributed by atoms with Crippen molar-refractivity contribution < 1.29 is 14.6 Å². The molecule has 5 heteroatoms. The number of carboxylic acids is 1. The van der Waals surface area contributed by atoms with Gasteiger partial charge in [0.15, 0.2) is 0 Å². The molecule has 0 aromatic carbocycles. The van der Waals surface area contributed by atoms with Gasteiger partial charge in [-0.3, -0.25) is 9.69 Å². The molecule has 0 saturated carbocycles. The topological polar surface area (TPSA) is 53.0 Å². The molecule has 0 spiro atoms. The number of likely N-dealkylation sites (N-methyl/N-ethyl adjacent to an activating group) is 1. The van der Waals surface area contributed by atoms with E-state index in [1.54, 1.807) is 0 Å². The van der Waals surface area contributed by atoms with Crippen molar-refractivity contribution in [3.05, 3.63) is 0 Å². The van der Waals surface area contributed by atoms with Gasteiger partial charge in [0.2, 0.25) is 0 Å². The lowest BCUT2D eigenvalue weighted by Gasteiger charge is -2.48. The van der Waals surface area contributed by atoms with Crippen LogP contribution in [0, 0.1) is 5.92 Å². The normalized spacial score (nSPS) is 34.6. The quantitative estimate of drug-likeness (QED) is 0.825. The van der Waals surface area contributed by atoms with Crippen LogP contribution in [0.3, 0.4) is 0 Å². The second-order valence-electron chi connectivity index (χ2n) is 6.23. The van der Waals surface area contributed by atoms with Crippen LogP contribution in [-0.4, -0.2) is 72.4 Å². The van der Waals surface area contributed by atoms with E-state index >= 15 is 0 Å². The standard InChI is InChI=1S/C14H26N2O3/c1-11(2)12-10-14(13(17)18,4-9-19-12)16-7-5-15(3)6-8-16/h11-12H,4-10H2,1-3H3,(H,17,18). The third kappa shape index (κ3) is 2.93. The molecule has 0 bridgehead atoms. The number of aliphatic carboxylic acids is 1.